The molecule has 8 heteroatoms. The molecule has 29 heavy (non-hydrogen) atoms. The number of nitrogens with one attached hydrogen (secondary N) is 2. The lowest BCUT2D eigenvalue weighted by Gasteiger charge is -2.13. The number of halogens is 3. The summed E-state index contributed by atoms with van der Waals surface area (Å²) in [5, 5.41) is 5.34. The molecule has 2 N–H and O–H groups in total. The molecule has 0 saturated heterocycles. The van der Waals surface area contributed by atoms with E-state index in [1.54, 1.807) is 12.1 Å². The fourth-order valence-electron chi connectivity index (χ4n) is 3.54. The van der Waals surface area contributed by atoms with Gasteiger partial charge in [0, 0.05) is 11.1 Å². The second-order valence-corrected chi connectivity index (χ2v) is 6.74. The van der Waals surface area contributed by atoms with Crippen LogP contribution in [0.3, 0.4) is 0 Å². The monoisotopic (exact) mass is 399 g/mol. The molecule has 0 atom stereocenters. The Balaban J connectivity index is 1.52. The normalized spacial score (nSPS) is 12.7. The number of carbonyl (C=O) groups is 2. The Kier molecular flexibility index (Phi) is 4.92. The number of rotatable bonds is 4. The van der Waals surface area contributed by atoms with Crippen LogP contribution in [0, 0.1) is 17.5 Å². The van der Waals surface area contributed by atoms with Crippen LogP contribution in [0.4, 0.5) is 18.9 Å². The van der Waals surface area contributed by atoms with E-state index in [-0.39, 0.29) is 0 Å². The van der Waals surface area contributed by atoms with Crippen LogP contribution in [-0.2, 0) is 17.6 Å². The lowest BCUT2D eigenvalue weighted by molar-refractivity contribution is -0.115. The number of nitrogens with zero attached hydrogens (tertiary/aromatic N) is 1. The van der Waals surface area contributed by atoms with Gasteiger partial charge in [-0.2, -0.15) is 0 Å². The smallest absolute Gasteiger partial charge is 0.252 e. The molecule has 5 nitrogen and oxygen atoms in total. The molecule has 148 valence electrons. The molecule has 0 fully saturated rings. The fourth-order valence-corrected chi connectivity index (χ4v) is 3.54. The van der Waals surface area contributed by atoms with Crippen molar-refractivity contribution in [2.75, 3.05) is 11.9 Å². The summed E-state index contributed by atoms with van der Waals surface area (Å²) in [6.07, 6.45) is 2.41. The first-order valence-corrected chi connectivity index (χ1v) is 9.07. The third kappa shape index (κ3) is 3.53. The number of hydrogen-bond donors (Lipinski definition) is 2. The minimum Gasteiger partial charge on any atom is -0.343 e. The molecule has 1 aromatic heterocycles. The molecule has 1 heterocycles. The zero-order valence-corrected chi connectivity index (χ0v) is 15.2. The van der Waals surface area contributed by atoms with E-state index in [1.807, 2.05) is 12.1 Å². The number of benzene rings is 2. The Bertz CT molecular complexity index is 1150. The summed E-state index contributed by atoms with van der Waals surface area (Å²) >= 11 is 0. The number of pyridine rings is 1. The molecule has 0 aliphatic heterocycles. The second kappa shape index (κ2) is 7.54. The number of aryl methyl sites for hydroxylation is 1. The van der Waals surface area contributed by atoms with Gasteiger partial charge >= 0.3 is 0 Å². The minimum absolute atomic E-state index is 0.442. The summed E-state index contributed by atoms with van der Waals surface area (Å²) in [7, 11) is 0. The number of carbonyl (C=O) groups excluding carboxylic acids is 2. The van der Waals surface area contributed by atoms with Crippen LogP contribution in [-0.4, -0.2) is 23.3 Å². The predicted molar refractivity (Wildman–Crippen MR) is 101 cm³/mol. The van der Waals surface area contributed by atoms with Crippen LogP contribution < -0.4 is 10.6 Å². The largest absolute Gasteiger partial charge is 0.343 e. The second-order valence-electron chi connectivity index (χ2n) is 6.74. The van der Waals surface area contributed by atoms with Gasteiger partial charge in [-0.3, -0.25) is 14.6 Å². The summed E-state index contributed by atoms with van der Waals surface area (Å²) in [5.74, 6) is -5.73. The molecule has 0 bridgehead atoms. The lowest BCUT2D eigenvalue weighted by Crippen LogP contribution is -2.33. The van der Waals surface area contributed by atoms with E-state index in [4.69, 9.17) is 0 Å². The van der Waals surface area contributed by atoms with Crippen molar-refractivity contribution in [1.29, 1.82) is 0 Å². The van der Waals surface area contributed by atoms with E-state index in [2.05, 4.69) is 15.6 Å². The molecule has 0 spiro atoms. The molecule has 4 rings (SSSR count). The molecule has 0 radical (unpaired) electrons. The highest BCUT2D eigenvalue weighted by atomic mass is 19.2. The first-order valence-electron chi connectivity index (χ1n) is 9.07. The quantitative estimate of drug-likeness (QED) is 0.660. The van der Waals surface area contributed by atoms with Crippen LogP contribution in [0.2, 0.25) is 0 Å². The Morgan fingerprint density at radius 2 is 1.79 bits per heavy atom. The number of anilines is 1. The summed E-state index contributed by atoms with van der Waals surface area (Å²) in [6, 6.07) is 8.88. The van der Waals surface area contributed by atoms with Crippen LogP contribution in [0.15, 0.2) is 36.4 Å². The van der Waals surface area contributed by atoms with E-state index in [9.17, 15) is 22.8 Å². The molecular weight excluding hydrogens is 383 g/mol. The van der Waals surface area contributed by atoms with Gasteiger partial charge in [0.05, 0.1) is 23.3 Å². The Hall–Kier alpha value is -3.42. The van der Waals surface area contributed by atoms with Crippen LogP contribution in [0.1, 0.15) is 28.0 Å². The molecular formula is C21H16F3N3O2. The third-order valence-electron chi connectivity index (χ3n) is 4.87. The molecule has 0 unspecified atom stereocenters. The van der Waals surface area contributed by atoms with Crippen molar-refractivity contribution >= 4 is 28.4 Å². The van der Waals surface area contributed by atoms with Gasteiger partial charge in [0.1, 0.15) is 0 Å². The van der Waals surface area contributed by atoms with Gasteiger partial charge in [-0.25, -0.2) is 13.2 Å². The predicted octanol–water partition coefficient (Wildman–Crippen LogP) is 3.51. The maximum Gasteiger partial charge on any atom is 0.252 e. The van der Waals surface area contributed by atoms with E-state index in [0.717, 1.165) is 36.6 Å². The number of fused-ring (bicyclic) bond motifs is 2. The average molecular weight is 399 g/mol. The van der Waals surface area contributed by atoms with E-state index >= 15 is 0 Å². The van der Waals surface area contributed by atoms with Gasteiger partial charge in [-0.15, -0.1) is 0 Å². The molecule has 2 aromatic carbocycles. The Labute approximate surface area is 163 Å². The highest BCUT2D eigenvalue weighted by Crippen LogP contribution is 2.29. The summed E-state index contributed by atoms with van der Waals surface area (Å²) in [6.45, 7) is -0.456. The minimum atomic E-state index is -1.68. The fraction of sp³-hybridized carbons (Fsp3) is 0.190. The summed E-state index contributed by atoms with van der Waals surface area (Å²) in [4.78, 5) is 29.5. The van der Waals surface area contributed by atoms with E-state index < -0.39 is 41.5 Å². The van der Waals surface area contributed by atoms with E-state index in [1.165, 1.54) is 0 Å². The first kappa shape index (κ1) is 18.9. The van der Waals surface area contributed by atoms with Gasteiger partial charge in [0.25, 0.3) is 5.91 Å². The maximum absolute atomic E-state index is 13.7. The standard InChI is InChI=1S/C21H16F3N3O2/c22-13-8-9-16(20(24)19(13)23)27-17(28)10-25-21(29)18-11-4-1-2-6-14(11)26-15-7-3-5-12(15)18/h1-2,4,6,8-9H,3,5,7,10H2,(H,25,29)(H,27,28). The number of aromatic nitrogens is 1. The lowest BCUT2D eigenvalue weighted by atomic mass is 10.0. The molecule has 0 saturated carbocycles. The van der Waals surface area contributed by atoms with Gasteiger partial charge in [-0.05, 0) is 43.0 Å². The first-order chi connectivity index (χ1) is 14.0. The van der Waals surface area contributed by atoms with Gasteiger partial charge in [0.15, 0.2) is 17.5 Å². The van der Waals surface area contributed by atoms with Crippen LogP contribution >= 0.6 is 0 Å². The van der Waals surface area contributed by atoms with Gasteiger partial charge in [0.2, 0.25) is 5.91 Å². The van der Waals surface area contributed by atoms with Crippen molar-refractivity contribution in [2.24, 2.45) is 0 Å². The Morgan fingerprint density at radius 3 is 2.62 bits per heavy atom. The summed E-state index contributed by atoms with van der Waals surface area (Å²) < 4.78 is 39.9. The third-order valence-corrected chi connectivity index (χ3v) is 4.87. The number of para-hydroxylation sites is 1. The number of amides is 2. The molecule has 3 aromatic rings. The van der Waals surface area contributed by atoms with Crippen molar-refractivity contribution in [3.05, 3.63) is 70.7 Å². The van der Waals surface area contributed by atoms with Crippen molar-refractivity contribution in [1.82, 2.24) is 10.3 Å². The van der Waals surface area contributed by atoms with Crippen molar-refractivity contribution in [3.8, 4) is 0 Å². The summed E-state index contributed by atoms with van der Waals surface area (Å²) in [5.41, 5.74) is 2.43. The van der Waals surface area contributed by atoms with Crippen LogP contribution in [0.25, 0.3) is 10.9 Å². The highest BCUT2D eigenvalue weighted by molar-refractivity contribution is 6.09. The SMILES string of the molecule is O=C(CNC(=O)c1c2c(nc3ccccc13)CCC2)Nc1ccc(F)c(F)c1F. The van der Waals surface area contributed by atoms with Crippen molar-refractivity contribution in [3.63, 3.8) is 0 Å². The van der Waals surface area contributed by atoms with Crippen molar-refractivity contribution < 1.29 is 22.8 Å². The Morgan fingerprint density at radius 1 is 1.00 bits per heavy atom. The molecule has 1 aliphatic carbocycles. The average Bonchev–Trinajstić information content (AvgIpc) is 3.18. The molecule has 1 aliphatic rings. The zero-order valence-electron chi connectivity index (χ0n) is 15.2. The molecule has 2 amide bonds. The van der Waals surface area contributed by atoms with E-state index in [0.29, 0.717) is 22.5 Å². The van der Waals surface area contributed by atoms with Crippen LogP contribution in [0.5, 0.6) is 0 Å². The topological polar surface area (TPSA) is 71.1 Å². The zero-order chi connectivity index (χ0) is 20.5. The van der Waals surface area contributed by atoms with Gasteiger partial charge in [-0.1, -0.05) is 18.2 Å². The van der Waals surface area contributed by atoms with Crippen molar-refractivity contribution in [2.45, 2.75) is 19.3 Å². The maximum atomic E-state index is 13.7. The van der Waals surface area contributed by atoms with Gasteiger partial charge < -0.3 is 10.6 Å². The highest BCUT2D eigenvalue weighted by Gasteiger charge is 2.24. The number of hydrogen-bond acceptors (Lipinski definition) is 3.